The Bertz CT molecular complexity index is 498. The first kappa shape index (κ1) is 14.4. The summed E-state index contributed by atoms with van der Waals surface area (Å²) in [6.07, 6.45) is 2.11. The molecule has 0 atom stereocenters. The van der Waals surface area contributed by atoms with Crippen LogP contribution in [0.15, 0.2) is 24.3 Å². The van der Waals surface area contributed by atoms with Crippen molar-refractivity contribution in [2.45, 2.75) is 25.8 Å². The number of carbonyl (C=O) groups excluding carboxylic acids is 2. The lowest BCUT2D eigenvalue weighted by Crippen LogP contribution is -2.30. The quantitative estimate of drug-likeness (QED) is 0.855. The van der Waals surface area contributed by atoms with Gasteiger partial charge in [-0.3, -0.25) is 9.59 Å². The van der Waals surface area contributed by atoms with Gasteiger partial charge < -0.3 is 15.0 Å². The summed E-state index contributed by atoms with van der Waals surface area (Å²) in [5.41, 5.74) is 0.564. The van der Waals surface area contributed by atoms with Gasteiger partial charge in [0.15, 0.2) is 6.61 Å². The molecular formula is C15H20N2O3. The van der Waals surface area contributed by atoms with E-state index in [4.69, 9.17) is 4.74 Å². The Labute approximate surface area is 118 Å². The number of carbonyl (C=O) groups is 2. The van der Waals surface area contributed by atoms with Crippen molar-refractivity contribution < 1.29 is 14.3 Å². The van der Waals surface area contributed by atoms with E-state index >= 15 is 0 Å². The number of nitrogens with zero attached hydrogens (tertiary/aromatic N) is 1. The molecule has 0 spiro atoms. The molecule has 0 aliphatic heterocycles. The minimum atomic E-state index is -0.116. The summed E-state index contributed by atoms with van der Waals surface area (Å²) in [5, 5.41) is 2.85. The fraction of sp³-hybridized carbons (Fsp3) is 0.467. The van der Waals surface area contributed by atoms with E-state index in [0.717, 1.165) is 12.8 Å². The molecule has 5 nitrogen and oxygen atoms in total. The molecule has 108 valence electrons. The number of nitrogens with one attached hydrogen (secondary N) is 1. The van der Waals surface area contributed by atoms with Gasteiger partial charge in [0.05, 0.1) is 0 Å². The fourth-order valence-corrected chi connectivity index (χ4v) is 1.73. The van der Waals surface area contributed by atoms with Crippen LogP contribution in [0.4, 0.5) is 0 Å². The van der Waals surface area contributed by atoms with Crippen molar-refractivity contribution in [3.63, 3.8) is 0 Å². The predicted octanol–water partition coefficient (Wildman–Crippen LogP) is 1.44. The molecule has 1 aliphatic rings. The maximum atomic E-state index is 12.0. The van der Waals surface area contributed by atoms with Crippen molar-refractivity contribution >= 4 is 11.8 Å². The highest BCUT2D eigenvalue weighted by molar-refractivity contribution is 5.94. The molecule has 2 amide bonds. The van der Waals surface area contributed by atoms with Gasteiger partial charge in [0.25, 0.3) is 11.8 Å². The number of ether oxygens (including phenoxy) is 1. The molecule has 0 unspecified atom stereocenters. The average Bonchev–Trinajstić information content (AvgIpc) is 3.27. The highest BCUT2D eigenvalue weighted by Gasteiger charge is 2.23. The van der Waals surface area contributed by atoms with Gasteiger partial charge in [-0.15, -0.1) is 0 Å². The first-order valence-electron chi connectivity index (χ1n) is 6.88. The summed E-state index contributed by atoms with van der Waals surface area (Å²) in [4.78, 5) is 25.2. The summed E-state index contributed by atoms with van der Waals surface area (Å²) >= 11 is 0. The smallest absolute Gasteiger partial charge is 0.258 e. The largest absolute Gasteiger partial charge is 0.484 e. The van der Waals surface area contributed by atoms with Crippen molar-refractivity contribution in [1.82, 2.24) is 10.2 Å². The van der Waals surface area contributed by atoms with Gasteiger partial charge in [-0.2, -0.15) is 0 Å². The van der Waals surface area contributed by atoms with Gasteiger partial charge in [-0.05, 0) is 38.0 Å². The lowest BCUT2D eigenvalue weighted by Gasteiger charge is -2.15. The van der Waals surface area contributed by atoms with Gasteiger partial charge in [0.1, 0.15) is 5.75 Å². The number of benzene rings is 1. The van der Waals surface area contributed by atoms with Crippen LogP contribution in [-0.4, -0.2) is 43.0 Å². The van der Waals surface area contributed by atoms with Crippen LogP contribution in [0.25, 0.3) is 0 Å². The minimum Gasteiger partial charge on any atom is -0.484 e. The molecule has 0 heterocycles. The van der Waals surface area contributed by atoms with E-state index in [1.54, 1.807) is 36.2 Å². The topological polar surface area (TPSA) is 58.6 Å². The summed E-state index contributed by atoms with van der Waals surface area (Å²) < 4.78 is 5.42. The maximum absolute atomic E-state index is 12.0. The van der Waals surface area contributed by atoms with Gasteiger partial charge in [-0.25, -0.2) is 0 Å². The van der Waals surface area contributed by atoms with Crippen molar-refractivity contribution in [1.29, 1.82) is 0 Å². The normalized spacial score (nSPS) is 13.7. The van der Waals surface area contributed by atoms with Crippen LogP contribution in [0.1, 0.15) is 30.1 Å². The van der Waals surface area contributed by atoms with Crippen molar-refractivity contribution in [2.75, 3.05) is 20.2 Å². The third-order valence-electron chi connectivity index (χ3n) is 3.21. The SMILES string of the molecule is CCN(C)C(=O)c1cccc(OCC(=O)NC2CC2)c1. The van der Waals surface area contributed by atoms with Crippen molar-refractivity contribution in [3.05, 3.63) is 29.8 Å². The highest BCUT2D eigenvalue weighted by Crippen LogP contribution is 2.18. The first-order valence-corrected chi connectivity index (χ1v) is 6.88. The number of rotatable bonds is 6. The molecule has 1 fully saturated rings. The van der Waals surface area contributed by atoms with Crippen LogP contribution in [0.2, 0.25) is 0 Å². The average molecular weight is 276 g/mol. The number of hydrogen-bond donors (Lipinski definition) is 1. The molecular weight excluding hydrogens is 256 g/mol. The summed E-state index contributed by atoms with van der Waals surface area (Å²) in [6.45, 7) is 2.55. The molecule has 1 saturated carbocycles. The third kappa shape index (κ3) is 3.98. The Morgan fingerprint density at radius 3 is 2.80 bits per heavy atom. The zero-order valence-corrected chi connectivity index (χ0v) is 11.9. The standard InChI is InChI=1S/C15H20N2O3/c1-3-17(2)15(19)11-5-4-6-13(9-11)20-10-14(18)16-12-7-8-12/h4-6,9,12H,3,7-8,10H2,1-2H3,(H,16,18). The Balaban J connectivity index is 1.91. The number of amides is 2. The van der Waals surface area contributed by atoms with Crippen LogP contribution in [0, 0.1) is 0 Å². The van der Waals surface area contributed by atoms with Crippen LogP contribution in [0.3, 0.4) is 0 Å². The molecule has 5 heteroatoms. The predicted molar refractivity (Wildman–Crippen MR) is 75.7 cm³/mol. The second-order valence-corrected chi connectivity index (χ2v) is 4.98. The summed E-state index contributed by atoms with van der Waals surface area (Å²) in [7, 11) is 1.75. The molecule has 1 aromatic carbocycles. The van der Waals surface area contributed by atoms with Crippen LogP contribution in [0.5, 0.6) is 5.75 Å². The second kappa shape index (κ2) is 6.41. The van der Waals surface area contributed by atoms with E-state index in [0.29, 0.717) is 23.9 Å². The lowest BCUT2D eigenvalue weighted by atomic mass is 10.2. The Morgan fingerprint density at radius 2 is 2.15 bits per heavy atom. The molecule has 0 radical (unpaired) electrons. The maximum Gasteiger partial charge on any atom is 0.258 e. The Morgan fingerprint density at radius 1 is 1.40 bits per heavy atom. The van der Waals surface area contributed by atoms with E-state index in [2.05, 4.69) is 5.32 Å². The molecule has 0 aromatic heterocycles. The van der Waals surface area contributed by atoms with Crippen molar-refractivity contribution in [2.24, 2.45) is 0 Å². The lowest BCUT2D eigenvalue weighted by molar-refractivity contribution is -0.123. The van der Waals surface area contributed by atoms with Crippen LogP contribution >= 0.6 is 0 Å². The van der Waals surface area contributed by atoms with Gasteiger partial charge in [0, 0.05) is 25.2 Å². The van der Waals surface area contributed by atoms with E-state index in [1.807, 2.05) is 6.92 Å². The van der Waals surface area contributed by atoms with Gasteiger partial charge in [0.2, 0.25) is 0 Å². The van der Waals surface area contributed by atoms with Crippen LogP contribution < -0.4 is 10.1 Å². The highest BCUT2D eigenvalue weighted by atomic mass is 16.5. The van der Waals surface area contributed by atoms with E-state index in [9.17, 15) is 9.59 Å². The molecule has 0 bridgehead atoms. The zero-order valence-electron chi connectivity index (χ0n) is 11.9. The van der Waals surface area contributed by atoms with E-state index in [1.165, 1.54) is 0 Å². The van der Waals surface area contributed by atoms with E-state index < -0.39 is 0 Å². The molecule has 1 aromatic rings. The molecule has 20 heavy (non-hydrogen) atoms. The Kier molecular flexibility index (Phi) is 4.61. The van der Waals surface area contributed by atoms with Crippen molar-refractivity contribution in [3.8, 4) is 5.75 Å². The second-order valence-electron chi connectivity index (χ2n) is 4.98. The molecule has 1 N–H and O–H groups in total. The fourth-order valence-electron chi connectivity index (χ4n) is 1.73. The molecule has 0 saturated heterocycles. The first-order chi connectivity index (χ1) is 9.60. The van der Waals surface area contributed by atoms with Gasteiger partial charge in [-0.1, -0.05) is 6.07 Å². The van der Waals surface area contributed by atoms with Gasteiger partial charge >= 0.3 is 0 Å². The van der Waals surface area contributed by atoms with Crippen LogP contribution in [-0.2, 0) is 4.79 Å². The summed E-state index contributed by atoms with van der Waals surface area (Å²) in [6, 6.07) is 7.24. The third-order valence-corrected chi connectivity index (χ3v) is 3.21. The monoisotopic (exact) mass is 276 g/mol. The number of hydrogen-bond acceptors (Lipinski definition) is 3. The molecule has 2 rings (SSSR count). The summed E-state index contributed by atoms with van der Waals surface area (Å²) in [5.74, 6) is 0.363. The zero-order chi connectivity index (χ0) is 14.5. The Hall–Kier alpha value is -2.04. The minimum absolute atomic E-state index is 0.0161. The van der Waals surface area contributed by atoms with E-state index in [-0.39, 0.29) is 18.4 Å². The molecule has 1 aliphatic carbocycles.